The lowest BCUT2D eigenvalue weighted by atomic mass is 9.96. The van der Waals surface area contributed by atoms with Gasteiger partial charge in [0, 0.05) is 38.2 Å². The van der Waals surface area contributed by atoms with E-state index in [2.05, 4.69) is 17.1 Å². The third-order valence-electron chi connectivity index (χ3n) is 6.11. The molecule has 2 aliphatic heterocycles. The van der Waals surface area contributed by atoms with Gasteiger partial charge in [0.25, 0.3) is 0 Å². The van der Waals surface area contributed by atoms with E-state index in [0.717, 1.165) is 37.1 Å². The first-order chi connectivity index (χ1) is 14.7. The van der Waals surface area contributed by atoms with Crippen molar-refractivity contribution >= 4 is 33.4 Å². The first-order valence-corrected chi connectivity index (χ1v) is 11.3. The lowest BCUT2D eigenvalue weighted by molar-refractivity contribution is -0.136. The summed E-state index contributed by atoms with van der Waals surface area (Å²) in [5, 5.41) is 1.18. The monoisotopic (exact) mass is 420 g/mol. The summed E-state index contributed by atoms with van der Waals surface area (Å²) >= 11 is 1.77. The predicted molar refractivity (Wildman–Crippen MR) is 116 cm³/mol. The van der Waals surface area contributed by atoms with Gasteiger partial charge in [-0.25, -0.2) is 4.98 Å². The molecule has 1 unspecified atom stereocenters. The summed E-state index contributed by atoms with van der Waals surface area (Å²) in [5.41, 5.74) is 1.92. The molecule has 0 N–H and O–H groups in total. The van der Waals surface area contributed by atoms with Gasteiger partial charge in [-0.1, -0.05) is 18.2 Å². The minimum Gasteiger partial charge on any atom is -0.342 e. The molecule has 2 aliphatic rings. The zero-order valence-electron chi connectivity index (χ0n) is 16.7. The third kappa shape index (κ3) is 3.81. The second kappa shape index (κ2) is 8.14. The number of hydrogen-bond acceptors (Lipinski definition) is 5. The average molecular weight is 421 g/mol. The van der Waals surface area contributed by atoms with Crippen molar-refractivity contribution in [2.24, 2.45) is 5.92 Å². The Hall–Kier alpha value is -2.80. The van der Waals surface area contributed by atoms with Crippen molar-refractivity contribution < 1.29 is 9.59 Å². The van der Waals surface area contributed by atoms with Crippen molar-refractivity contribution in [1.29, 1.82) is 0 Å². The minimum absolute atomic E-state index is 0.0448. The van der Waals surface area contributed by atoms with E-state index in [0.29, 0.717) is 25.4 Å². The Morgan fingerprint density at radius 1 is 1.10 bits per heavy atom. The van der Waals surface area contributed by atoms with E-state index < -0.39 is 0 Å². The highest BCUT2D eigenvalue weighted by Gasteiger charge is 2.37. The molecule has 2 saturated heterocycles. The molecular weight excluding hydrogens is 396 g/mol. The number of carbonyl (C=O) groups excluding carboxylic acids is 2. The molecule has 6 nitrogen and oxygen atoms in total. The van der Waals surface area contributed by atoms with Crippen LogP contribution in [0.1, 0.15) is 35.9 Å². The van der Waals surface area contributed by atoms with Crippen LogP contribution in [0, 0.1) is 5.92 Å². The number of para-hydroxylation sites is 1. The van der Waals surface area contributed by atoms with Crippen LogP contribution in [-0.2, 0) is 16.1 Å². The van der Waals surface area contributed by atoms with Gasteiger partial charge in [-0.2, -0.15) is 0 Å². The molecule has 0 spiro atoms. The summed E-state index contributed by atoms with van der Waals surface area (Å²) in [6, 6.07) is 13.9. The van der Waals surface area contributed by atoms with E-state index >= 15 is 0 Å². The minimum atomic E-state index is -0.236. The number of benzene rings is 1. The number of fused-ring (bicyclic) bond motifs is 1. The highest BCUT2D eigenvalue weighted by molar-refractivity contribution is 7.18. The molecule has 2 aromatic heterocycles. The lowest BCUT2D eigenvalue weighted by Crippen LogP contribution is -2.42. The zero-order chi connectivity index (χ0) is 20.5. The largest absolute Gasteiger partial charge is 0.342 e. The Balaban J connectivity index is 1.18. The number of hydrogen-bond donors (Lipinski definition) is 0. The number of pyridine rings is 1. The van der Waals surface area contributed by atoms with E-state index in [4.69, 9.17) is 4.98 Å². The van der Waals surface area contributed by atoms with Crippen molar-refractivity contribution in [1.82, 2.24) is 19.8 Å². The Bertz CT molecular complexity index is 1030. The Kier molecular flexibility index (Phi) is 5.21. The standard InChI is InChI=1S/C23H24N4O2S/c28-21-13-17(14-27(21)15-18-5-3-4-10-24-18)23(29)26-11-8-16(9-12-26)22-25-19-6-1-2-7-20(19)30-22/h1-7,10,16-17H,8-9,11-15H2. The van der Waals surface area contributed by atoms with Crippen LogP contribution < -0.4 is 0 Å². The molecule has 0 radical (unpaired) electrons. The zero-order valence-corrected chi connectivity index (χ0v) is 17.6. The number of nitrogens with zero attached hydrogens (tertiary/aromatic N) is 4. The number of piperidine rings is 1. The van der Waals surface area contributed by atoms with E-state index in [1.807, 2.05) is 35.2 Å². The fraction of sp³-hybridized carbons (Fsp3) is 0.391. The number of likely N-dealkylation sites (tertiary alicyclic amines) is 2. The quantitative estimate of drug-likeness (QED) is 0.648. The molecule has 4 heterocycles. The summed E-state index contributed by atoms with van der Waals surface area (Å²) in [6.45, 7) is 2.45. The van der Waals surface area contributed by atoms with Gasteiger partial charge < -0.3 is 9.80 Å². The molecule has 30 heavy (non-hydrogen) atoms. The van der Waals surface area contributed by atoms with Crippen LogP contribution in [0.5, 0.6) is 0 Å². The molecule has 0 aliphatic carbocycles. The summed E-state index contributed by atoms with van der Waals surface area (Å²) in [5.74, 6) is 0.343. The van der Waals surface area contributed by atoms with E-state index in [1.165, 1.54) is 9.71 Å². The van der Waals surface area contributed by atoms with Crippen molar-refractivity contribution in [3.8, 4) is 0 Å². The van der Waals surface area contributed by atoms with Gasteiger partial charge >= 0.3 is 0 Å². The van der Waals surface area contributed by atoms with Crippen molar-refractivity contribution in [3.05, 3.63) is 59.4 Å². The normalized spacial score (nSPS) is 20.3. The van der Waals surface area contributed by atoms with Crippen molar-refractivity contribution in [2.75, 3.05) is 19.6 Å². The van der Waals surface area contributed by atoms with Crippen molar-refractivity contribution in [3.63, 3.8) is 0 Å². The number of aromatic nitrogens is 2. The average Bonchev–Trinajstić information content (AvgIpc) is 3.38. The number of rotatable bonds is 4. The molecule has 2 amide bonds. The molecule has 2 fully saturated rings. The highest BCUT2D eigenvalue weighted by Crippen LogP contribution is 2.34. The van der Waals surface area contributed by atoms with Crippen LogP contribution in [0.4, 0.5) is 0 Å². The maximum Gasteiger partial charge on any atom is 0.227 e. The second-order valence-electron chi connectivity index (χ2n) is 8.12. The fourth-order valence-electron chi connectivity index (χ4n) is 4.45. The predicted octanol–water partition coefficient (Wildman–Crippen LogP) is 3.45. The molecular formula is C23H24N4O2S. The molecule has 3 aromatic rings. The first-order valence-electron chi connectivity index (χ1n) is 10.5. The van der Waals surface area contributed by atoms with E-state index in [9.17, 15) is 9.59 Å². The number of amides is 2. The molecule has 1 aromatic carbocycles. The summed E-state index contributed by atoms with van der Waals surface area (Å²) in [7, 11) is 0. The molecule has 5 rings (SSSR count). The van der Waals surface area contributed by atoms with Gasteiger partial charge in [0.05, 0.1) is 33.4 Å². The van der Waals surface area contributed by atoms with Crippen LogP contribution in [0.15, 0.2) is 48.7 Å². The van der Waals surface area contributed by atoms with Gasteiger partial charge in [-0.15, -0.1) is 11.3 Å². The maximum absolute atomic E-state index is 13.0. The molecule has 154 valence electrons. The topological polar surface area (TPSA) is 66.4 Å². The van der Waals surface area contributed by atoms with Gasteiger partial charge in [0.15, 0.2) is 0 Å². The highest BCUT2D eigenvalue weighted by atomic mass is 32.1. The van der Waals surface area contributed by atoms with E-state index in [1.54, 1.807) is 22.4 Å². The number of thiazole rings is 1. The van der Waals surface area contributed by atoms with Gasteiger partial charge in [0.1, 0.15) is 0 Å². The maximum atomic E-state index is 13.0. The van der Waals surface area contributed by atoms with Gasteiger partial charge in [-0.05, 0) is 37.1 Å². The summed E-state index contributed by atoms with van der Waals surface area (Å²) < 4.78 is 1.23. The molecule has 7 heteroatoms. The smallest absolute Gasteiger partial charge is 0.227 e. The Morgan fingerprint density at radius 2 is 1.90 bits per heavy atom. The van der Waals surface area contributed by atoms with Crippen LogP contribution in [0.3, 0.4) is 0 Å². The van der Waals surface area contributed by atoms with Crippen LogP contribution in [0.25, 0.3) is 10.2 Å². The fourth-order valence-corrected chi connectivity index (χ4v) is 5.58. The molecule has 1 atom stereocenters. The first kappa shape index (κ1) is 19.2. The lowest BCUT2D eigenvalue weighted by Gasteiger charge is -2.32. The van der Waals surface area contributed by atoms with Crippen molar-refractivity contribution in [2.45, 2.75) is 31.7 Å². The second-order valence-corrected chi connectivity index (χ2v) is 9.18. The number of carbonyl (C=O) groups is 2. The Morgan fingerprint density at radius 3 is 2.67 bits per heavy atom. The van der Waals surface area contributed by atoms with Crippen LogP contribution in [-0.4, -0.2) is 51.2 Å². The van der Waals surface area contributed by atoms with Gasteiger partial charge in [0.2, 0.25) is 11.8 Å². The summed E-state index contributed by atoms with van der Waals surface area (Å²) in [6.07, 6.45) is 3.91. The molecule has 0 saturated carbocycles. The summed E-state index contributed by atoms with van der Waals surface area (Å²) in [4.78, 5) is 38.3. The third-order valence-corrected chi connectivity index (χ3v) is 7.31. The van der Waals surface area contributed by atoms with Crippen LogP contribution >= 0.6 is 11.3 Å². The van der Waals surface area contributed by atoms with Crippen LogP contribution in [0.2, 0.25) is 0 Å². The van der Waals surface area contributed by atoms with Gasteiger partial charge in [-0.3, -0.25) is 14.6 Å². The molecule has 0 bridgehead atoms. The SMILES string of the molecule is O=C1CC(C(=O)N2CCC(c3nc4ccccc4s3)CC2)CN1Cc1ccccn1. The van der Waals surface area contributed by atoms with E-state index in [-0.39, 0.29) is 17.7 Å². The Labute approximate surface area is 179 Å².